The van der Waals surface area contributed by atoms with Gasteiger partial charge in [0.15, 0.2) is 5.17 Å². The molecule has 0 aromatic heterocycles. The van der Waals surface area contributed by atoms with E-state index in [9.17, 15) is 4.79 Å². The first-order chi connectivity index (χ1) is 10.7. The summed E-state index contributed by atoms with van der Waals surface area (Å²) >= 11 is 1.46. The standard InChI is InChI=1S/C17H18N2O2S/c1-13(11-14-5-3-2-4-6-14)12-15-16(20)18-17(22-15)19-7-9-21-10-8-19/h2-6,11-12H,7-10H2,1H3/b13-11+,15-12-. The van der Waals surface area contributed by atoms with E-state index in [2.05, 4.69) is 16.0 Å². The molecule has 2 aliphatic heterocycles. The molecule has 0 atom stereocenters. The maximum Gasteiger partial charge on any atom is 0.286 e. The van der Waals surface area contributed by atoms with E-state index in [1.54, 1.807) is 0 Å². The Balaban J connectivity index is 1.71. The topological polar surface area (TPSA) is 41.9 Å². The van der Waals surface area contributed by atoms with Gasteiger partial charge in [-0.2, -0.15) is 4.99 Å². The number of amidine groups is 1. The molecule has 2 heterocycles. The second-order valence-electron chi connectivity index (χ2n) is 5.21. The zero-order valence-corrected chi connectivity index (χ0v) is 13.3. The summed E-state index contributed by atoms with van der Waals surface area (Å²) in [7, 11) is 0. The number of morpholine rings is 1. The van der Waals surface area contributed by atoms with Crippen molar-refractivity contribution in [1.29, 1.82) is 0 Å². The van der Waals surface area contributed by atoms with E-state index >= 15 is 0 Å². The molecule has 0 unspecified atom stereocenters. The summed E-state index contributed by atoms with van der Waals surface area (Å²) in [6, 6.07) is 10.1. The summed E-state index contributed by atoms with van der Waals surface area (Å²) < 4.78 is 5.33. The highest BCUT2D eigenvalue weighted by molar-refractivity contribution is 8.18. The molecule has 0 aliphatic carbocycles. The Hall–Kier alpha value is -1.85. The van der Waals surface area contributed by atoms with E-state index in [0.717, 1.165) is 29.4 Å². The van der Waals surface area contributed by atoms with Gasteiger partial charge >= 0.3 is 0 Å². The lowest BCUT2D eigenvalue weighted by Gasteiger charge is -2.27. The number of carbonyl (C=O) groups excluding carboxylic acids is 1. The van der Waals surface area contributed by atoms with Crippen molar-refractivity contribution in [3.8, 4) is 0 Å². The molecular formula is C17H18N2O2S. The lowest BCUT2D eigenvalue weighted by atomic mass is 10.1. The minimum absolute atomic E-state index is 0.146. The van der Waals surface area contributed by atoms with Crippen molar-refractivity contribution >= 4 is 28.9 Å². The molecule has 0 radical (unpaired) electrons. The first-order valence-corrected chi connectivity index (χ1v) is 8.12. The average Bonchev–Trinajstić information content (AvgIpc) is 2.90. The summed E-state index contributed by atoms with van der Waals surface area (Å²) in [5.41, 5.74) is 2.17. The maximum absolute atomic E-state index is 12.1. The van der Waals surface area contributed by atoms with Gasteiger partial charge < -0.3 is 9.64 Å². The number of rotatable bonds is 2. The van der Waals surface area contributed by atoms with Gasteiger partial charge in [-0.15, -0.1) is 0 Å². The van der Waals surface area contributed by atoms with E-state index in [1.807, 2.05) is 43.3 Å². The number of thioether (sulfide) groups is 1. The van der Waals surface area contributed by atoms with Crippen molar-refractivity contribution in [3.05, 3.63) is 52.4 Å². The number of ether oxygens (including phenoxy) is 1. The molecule has 114 valence electrons. The van der Waals surface area contributed by atoms with Gasteiger partial charge in [-0.25, -0.2) is 0 Å². The highest BCUT2D eigenvalue weighted by Gasteiger charge is 2.26. The quantitative estimate of drug-likeness (QED) is 0.787. The third kappa shape index (κ3) is 3.67. The van der Waals surface area contributed by atoms with Crippen molar-refractivity contribution in [2.24, 2.45) is 4.99 Å². The van der Waals surface area contributed by atoms with Gasteiger partial charge in [0.05, 0.1) is 18.1 Å². The van der Waals surface area contributed by atoms with E-state index < -0.39 is 0 Å². The fraction of sp³-hybridized carbons (Fsp3) is 0.294. The Labute approximate surface area is 134 Å². The zero-order chi connectivity index (χ0) is 15.4. The van der Waals surface area contributed by atoms with Crippen molar-refractivity contribution in [2.75, 3.05) is 26.3 Å². The van der Waals surface area contributed by atoms with Crippen LogP contribution >= 0.6 is 11.8 Å². The average molecular weight is 314 g/mol. The number of benzene rings is 1. The smallest absolute Gasteiger partial charge is 0.286 e. The molecule has 22 heavy (non-hydrogen) atoms. The Morgan fingerprint density at radius 1 is 1.27 bits per heavy atom. The summed E-state index contributed by atoms with van der Waals surface area (Å²) in [5, 5.41) is 0.798. The number of nitrogens with zero attached hydrogens (tertiary/aromatic N) is 2. The zero-order valence-electron chi connectivity index (χ0n) is 12.5. The lowest BCUT2D eigenvalue weighted by Crippen LogP contribution is -2.38. The first-order valence-electron chi connectivity index (χ1n) is 7.31. The molecule has 1 aromatic rings. The fourth-order valence-corrected chi connectivity index (χ4v) is 3.36. The maximum atomic E-state index is 12.1. The monoisotopic (exact) mass is 314 g/mol. The van der Waals surface area contributed by atoms with Crippen molar-refractivity contribution in [1.82, 2.24) is 4.90 Å². The van der Waals surface area contributed by atoms with Crippen LogP contribution in [0.4, 0.5) is 0 Å². The number of hydrogen-bond acceptors (Lipinski definition) is 4. The molecule has 0 N–H and O–H groups in total. The largest absolute Gasteiger partial charge is 0.378 e. The van der Waals surface area contributed by atoms with Crippen LogP contribution in [0.5, 0.6) is 0 Å². The molecule has 3 rings (SSSR count). The lowest BCUT2D eigenvalue weighted by molar-refractivity contribution is -0.113. The van der Waals surface area contributed by atoms with Crippen LogP contribution in [0.15, 0.2) is 51.9 Å². The van der Waals surface area contributed by atoms with Crippen LogP contribution in [0.2, 0.25) is 0 Å². The second-order valence-corrected chi connectivity index (χ2v) is 6.22. The van der Waals surface area contributed by atoms with Crippen LogP contribution in [0.1, 0.15) is 12.5 Å². The summed E-state index contributed by atoms with van der Waals surface area (Å²) in [6.45, 7) is 4.98. The fourth-order valence-electron chi connectivity index (χ4n) is 2.35. The Morgan fingerprint density at radius 2 is 2.00 bits per heavy atom. The van der Waals surface area contributed by atoms with Crippen molar-refractivity contribution < 1.29 is 9.53 Å². The summed E-state index contributed by atoms with van der Waals surface area (Å²) in [4.78, 5) is 19.0. The SMILES string of the molecule is CC(/C=C1\SC(N2CCOCC2)=NC1=O)=C\c1ccccc1. The minimum atomic E-state index is -0.146. The minimum Gasteiger partial charge on any atom is -0.378 e. The Morgan fingerprint density at radius 3 is 2.73 bits per heavy atom. The number of allylic oxidation sites excluding steroid dienone is 2. The van der Waals surface area contributed by atoms with Crippen LogP contribution in [-0.4, -0.2) is 42.3 Å². The van der Waals surface area contributed by atoms with Gasteiger partial charge in [0.1, 0.15) is 0 Å². The molecule has 4 nitrogen and oxygen atoms in total. The first kappa shape index (κ1) is 15.1. The number of carbonyl (C=O) groups is 1. The van der Waals surface area contributed by atoms with E-state index in [0.29, 0.717) is 18.1 Å². The summed E-state index contributed by atoms with van der Waals surface area (Å²) in [5.74, 6) is -0.146. The van der Waals surface area contributed by atoms with Gasteiger partial charge in [-0.05, 0) is 35.9 Å². The summed E-state index contributed by atoms with van der Waals surface area (Å²) in [6.07, 6.45) is 3.98. The van der Waals surface area contributed by atoms with E-state index in [1.165, 1.54) is 11.8 Å². The molecule has 0 saturated carbocycles. The molecule has 1 saturated heterocycles. The molecule has 2 aliphatic rings. The molecule has 1 aromatic carbocycles. The highest BCUT2D eigenvalue weighted by Crippen LogP contribution is 2.30. The molecule has 0 spiro atoms. The Bertz CT molecular complexity index is 644. The molecule has 5 heteroatoms. The molecule has 1 fully saturated rings. The normalized spacial score (nSPS) is 21.4. The van der Waals surface area contributed by atoms with Crippen LogP contribution in [0, 0.1) is 0 Å². The molecule has 0 bridgehead atoms. The second kappa shape index (κ2) is 6.94. The van der Waals surface area contributed by atoms with Gasteiger partial charge in [-0.1, -0.05) is 36.4 Å². The van der Waals surface area contributed by atoms with Crippen molar-refractivity contribution in [2.45, 2.75) is 6.92 Å². The van der Waals surface area contributed by atoms with Crippen LogP contribution in [0.3, 0.4) is 0 Å². The van der Waals surface area contributed by atoms with Gasteiger partial charge in [-0.3, -0.25) is 4.79 Å². The van der Waals surface area contributed by atoms with Crippen molar-refractivity contribution in [3.63, 3.8) is 0 Å². The van der Waals surface area contributed by atoms with E-state index in [-0.39, 0.29) is 5.91 Å². The third-order valence-corrected chi connectivity index (χ3v) is 4.49. The number of hydrogen-bond donors (Lipinski definition) is 0. The predicted octanol–water partition coefficient (Wildman–Crippen LogP) is 2.94. The van der Waals surface area contributed by atoms with Gasteiger partial charge in [0.25, 0.3) is 5.91 Å². The highest BCUT2D eigenvalue weighted by atomic mass is 32.2. The molecule has 1 amide bonds. The third-order valence-electron chi connectivity index (χ3n) is 3.44. The number of aliphatic imine (C=N–C) groups is 1. The van der Waals surface area contributed by atoms with E-state index in [4.69, 9.17) is 4.74 Å². The van der Waals surface area contributed by atoms with Crippen LogP contribution < -0.4 is 0 Å². The molecular weight excluding hydrogens is 296 g/mol. The van der Waals surface area contributed by atoms with Gasteiger partial charge in [0, 0.05) is 13.1 Å². The van der Waals surface area contributed by atoms with Crippen LogP contribution in [-0.2, 0) is 9.53 Å². The van der Waals surface area contributed by atoms with Gasteiger partial charge in [0.2, 0.25) is 0 Å². The Kier molecular flexibility index (Phi) is 4.75. The number of amides is 1. The van der Waals surface area contributed by atoms with Crippen LogP contribution in [0.25, 0.3) is 6.08 Å². The predicted molar refractivity (Wildman–Crippen MR) is 90.6 cm³/mol.